The fraction of sp³-hybridized carbons (Fsp3) is 0.263. The highest BCUT2D eigenvalue weighted by atomic mass is 16.1. The summed E-state index contributed by atoms with van der Waals surface area (Å²) in [5, 5.41) is 0. The summed E-state index contributed by atoms with van der Waals surface area (Å²) in [4.78, 5) is 23.7. The van der Waals surface area contributed by atoms with Crippen molar-refractivity contribution < 1.29 is 9.59 Å². The SMILES string of the molecule is NC(=O)CCCCC(C(N)=O)(c1ccccc1N)c1ccccc1N. The van der Waals surface area contributed by atoms with Crippen molar-refractivity contribution in [3.05, 3.63) is 59.7 Å². The van der Waals surface area contributed by atoms with Gasteiger partial charge in [-0.1, -0.05) is 42.8 Å². The highest BCUT2D eigenvalue weighted by Crippen LogP contribution is 2.42. The van der Waals surface area contributed by atoms with Crippen LogP contribution in [0.15, 0.2) is 48.5 Å². The average molecular weight is 340 g/mol. The summed E-state index contributed by atoms with van der Waals surface area (Å²) in [7, 11) is 0. The quantitative estimate of drug-likeness (QED) is 0.429. The lowest BCUT2D eigenvalue weighted by Crippen LogP contribution is -2.43. The van der Waals surface area contributed by atoms with Gasteiger partial charge in [0, 0.05) is 17.8 Å². The van der Waals surface area contributed by atoms with Gasteiger partial charge in [-0.3, -0.25) is 9.59 Å². The zero-order valence-corrected chi connectivity index (χ0v) is 14.1. The van der Waals surface area contributed by atoms with Crippen LogP contribution in [-0.4, -0.2) is 11.8 Å². The number of anilines is 2. The van der Waals surface area contributed by atoms with Crippen molar-refractivity contribution in [3.8, 4) is 0 Å². The molecule has 0 fully saturated rings. The van der Waals surface area contributed by atoms with Crippen LogP contribution in [0.2, 0.25) is 0 Å². The van der Waals surface area contributed by atoms with Gasteiger partial charge in [-0.15, -0.1) is 0 Å². The minimum atomic E-state index is -1.16. The molecule has 0 aliphatic heterocycles. The maximum Gasteiger partial charge on any atom is 0.232 e. The third-order valence-corrected chi connectivity index (χ3v) is 4.49. The van der Waals surface area contributed by atoms with E-state index in [1.807, 2.05) is 12.1 Å². The van der Waals surface area contributed by atoms with Crippen molar-refractivity contribution in [2.75, 3.05) is 11.5 Å². The zero-order valence-electron chi connectivity index (χ0n) is 14.1. The lowest BCUT2D eigenvalue weighted by atomic mass is 9.69. The minimum Gasteiger partial charge on any atom is -0.398 e. The van der Waals surface area contributed by atoms with Crippen LogP contribution in [0.1, 0.15) is 36.8 Å². The average Bonchev–Trinajstić information content (AvgIpc) is 2.56. The summed E-state index contributed by atoms with van der Waals surface area (Å²) in [6.45, 7) is 0. The van der Waals surface area contributed by atoms with E-state index in [2.05, 4.69) is 0 Å². The molecule has 0 radical (unpaired) electrons. The predicted octanol–water partition coefficient (Wildman–Crippen LogP) is 1.67. The Hall–Kier alpha value is -3.02. The van der Waals surface area contributed by atoms with Crippen LogP contribution in [0.3, 0.4) is 0 Å². The number of rotatable bonds is 8. The van der Waals surface area contributed by atoms with Gasteiger partial charge in [0.25, 0.3) is 0 Å². The van der Waals surface area contributed by atoms with E-state index in [0.717, 1.165) is 0 Å². The van der Waals surface area contributed by atoms with Crippen LogP contribution < -0.4 is 22.9 Å². The van der Waals surface area contributed by atoms with Crippen molar-refractivity contribution in [3.63, 3.8) is 0 Å². The van der Waals surface area contributed by atoms with E-state index in [1.54, 1.807) is 36.4 Å². The second-order valence-electron chi connectivity index (χ2n) is 6.12. The molecule has 6 heteroatoms. The maximum absolute atomic E-state index is 12.7. The summed E-state index contributed by atoms with van der Waals surface area (Å²) in [5.41, 5.74) is 24.4. The molecule has 0 atom stereocenters. The molecule has 2 amide bonds. The molecule has 0 saturated carbocycles. The first kappa shape index (κ1) is 18.3. The summed E-state index contributed by atoms with van der Waals surface area (Å²) in [5.74, 6) is -0.898. The van der Waals surface area contributed by atoms with Crippen molar-refractivity contribution >= 4 is 23.2 Å². The van der Waals surface area contributed by atoms with Crippen LogP contribution in [0.5, 0.6) is 0 Å². The van der Waals surface area contributed by atoms with E-state index in [0.29, 0.717) is 41.8 Å². The van der Waals surface area contributed by atoms with Gasteiger partial charge in [-0.25, -0.2) is 0 Å². The molecule has 2 aromatic rings. The van der Waals surface area contributed by atoms with E-state index in [9.17, 15) is 9.59 Å². The maximum atomic E-state index is 12.7. The van der Waals surface area contributed by atoms with E-state index in [4.69, 9.17) is 22.9 Å². The Morgan fingerprint density at radius 2 is 1.28 bits per heavy atom. The number of benzene rings is 2. The van der Waals surface area contributed by atoms with E-state index in [1.165, 1.54) is 0 Å². The van der Waals surface area contributed by atoms with Crippen LogP contribution >= 0.6 is 0 Å². The number of hydrogen-bond acceptors (Lipinski definition) is 4. The Kier molecular flexibility index (Phi) is 5.64. The van der Waals surface area contributed by atoms with Crippen LogP contribution in [0, 0.1) is 0 Å². The van der Waals surface area contributed by atoms with Crippen LogP contribution in [-0.2, 0) is 15.0 Å². The fourth-order valence-electron chi connectivity index (χ4n) is 3.26. The molecule has 2 rings (SSSR count). The molecule has 0 heterocycles. The molecule has 0 unspecified atom stereocenters. The first-order chi connectivity index (χ1) is 11.9. The van der Waals surface area contributed by atoms with E-state index < -0.39 is 11.3 Å². The molecule has 2 aromatic carbocycles. The van der Waals surface area contributed by atoms with Gasteiger partial charge in [-0.2, -0.15) is 0 Å². The van der Waals surface area contributed by atoms with Crippen LogP contribution in [0.4, 0.5) is 11.4 Å². The molecular formula is C19H24N4O2. The monoisotopic (exact) mass is 340 g/mol. The van der Waals surface area contributed by atoms with Gasteiger partial charge in [-0.05, 0) is 36.1 Å². The third-order valence-electron chi connectivity index (χ3n) is 4.49. The molecule has 0 aromatic heterocycles. The van der Waals surface area contributed by atoms with Crippen LogP contribution in [0.25, 0.3) is 0 Å². The van der Waals surface area contributed by atoms with Crippen molar-refractivity contribution in [2.45, 2.75) is 31.1 Å². The number of nitrogen functional groups attached to an aromatic ring is 2. The van der Waals surface area contributed by atoms with Gasteiger partial charge in [0.1, 0.15) is 5.41 Å². The zero-order chi connectivity index (χ0) is 18.4. The normalized spacial score (nSPS) is 11.2. The number of carbonyl (C=O) groups excluding carboxylic acids is 2. The Morgan fingerprint density at radius 3 is 1.68 bits per heavy atom. The Balaban J connectivity index is 2.56. The highest BCUT2D eigenvalue weighted by molar-refractivity contribution is 5.94. The highest BCUT2D eigenvalue weighted by Gasteiger charge is 2.42. The second kappa shape index (κ2) is 7.70. The molecule has 25 heavy (non-hydrogen) atoms. The standard InChI is InChI=1S/C19H24N4O2/c20-15-9-3-1-7-13(15)19(18(23)25,12-6-5-11-17(22)24)14-8-2-4-10-16(14)21/h1-4,7-10H,5-6,11-12,20-21H2,(H2,22,24)(H2,23,25). The molecule has 6 nitrogen and oxygen atoms in total. The van der Waals surface area contributed by atoms with Crippen molar-refractivity contribution in [1.82, 2.24) is 0 Å². The topological polar surface area (TPSA) is 138 Å². The number of hydrogen-bond donors (Lipinski definition) is 4. The van der Waals surface area contributed by atoms with Crippen molar-refractivity contribution in [2.24, 2.45) is 11.5 Å². The largest absolute Gasteiger partial charge is 0.398 e. The first-order valence-electron chi connectivity index (χ1n) is 8.17. The third kappa shape index (κ3) is 3.74. The predicted molar refractivity (Wildman–Crippen MR) is 99.3 cm³/mol. The molecular weight excluding hydrogens is 316 g/mol. The molecule has 132 valence electrons. The second-order valence-corrected chi connectivity index (χ2v) is 6.12. The summed E-state index contributed by atoms with van der Waals surface area (Å²) in [6, 6.07) is 14.3. The Labute approximate surface area is 147 Å². The van der Waals surface area contributed by atoms with Gasteiger partial charge in [0.05, 0.1) is 0 Å². The molecule has 0 saturated heterocycles. The molecule has 8 N–H and O–H groups in total. The minimum absolute atomic E-state index is 0.253. The number of carbonyl (C=O) groups is 2. The molecule has 0 aliphatic carbocycles. The molecule has 0 bridgehead atoms. The van der Waals surface area contributed by atoms with Gasteiger partial charge in [0.2, 0.25) is 11.8 Å². The number of nitrogens with two attached hydrogens (primary N) is 4. The number of para-hydroxylation sites is 2. The fourth-order valence-corrected chi connectivity index (χ4v) is 3.26. The molecule has 0 aliphatic rings. The summed E-state index contributed by atoms with van der Waals surface area (Å²) in [6.07, 6.45) is 1.78. The number of amides is 2. The summed E-state index contributed by atoms with van der Waals surface area (Å²) >= 11 is 0. The van der Waals surface area contributed by atoms with Gasteiger partial charge < -0.3 is 22.9 Å². The smallest absolute Gasteiger partial charge is 0.232 e. The van der Waals surface area contributed by atoms with Gasteiger partial charge >= 0.3 is 0 Å². The lowest BCUT2D eigenvalue weighted by Gasteiger charge is -2.34. The van der Waals surface area contributed by atoms with E-state index >= 15 is 0 Å². The molecule has 0 spiro atoms. The van der Waals surface area contributed by atoms with Gasteiger partial charge in [0.15, 0.2) is 0 Å². The number of primary amides is 2. The summed E-state index contributed by atoms with van der Waals surface area (Å²) < 4.78 is 0. The lowest BCUT2D eigenvalue weighted by molar-refractivity contribution is -0.122. The first-order valence-corrected chi connectivity index (χ1v) is 8.17. The van der Waals surface area contributed by atoms with Crippen molar-refractivity contribution in [1.29, 1.82) is 0 Å². The number of unbranched alkanes of at least 4 members (excludes halogenated alkanes) is 1. The Bertz CT molecular complexity index is 728. The Morgan fingerprint density at radius 1 is 0.800 bits per heavy atom. The van der Waals surface area contributed by atoms with E-state index in [-0.39, 0.29) is 12.3 Å².